The van der Waals surface area contributed by atoms with Crippen molar-refractivity contribution < 1.29 is 14.3 Å². The lowest BCUT2D eigenvalue weighted by Crippen LogP contribution is -2.22. The number of carbonyl (C=O) groups is 1. The van der Waals surface area contributed by atoms with E-state index in [0.717, 1.165) is 12.8 Å². The molecule has 1 saturated carbocycles. The third kappa shape index (κ3) is 3.22. The van der Waals surface area contributed by atoms with Gasteiger partial charge in [0.1, 0.15) is 0 Å². The number of esters is 1. The summed E-state index contributed by atoms with van der Waals surface area (Å²) in [5.41, 5.74) is 0. The summed E-state index contributed by atoms with van der Waals surface area (Å²) in [6.07, 6.45) is 1.66. The van der Waals surface area contributed by atoms with E-state index < -0.39 is 6.29 Å². The van der Waals surface area contributed by atoms with Crippen LogP contribution in [-0.2, 0) is 14.3 Å². The lowest BCUT2D eigenvalue weighted by molar-refractivity contribution is -0.183. The lowest BCUT2D eigenvalue weighted by atomic mass is 10.4. The highest BCUT2D eigenvalue weighted by molar-refractivity contribution is 5.74. The maximum atomic E-state index is 11.1. The summed E-state index contributed by atoms with van der Waals surface area (Å²) in [5, 5.41) is 0. The third-order valence-electron chi connectivity index (χ3n) is 1.66. The van der Waals surface area contributed by atoms with Crippen LogP contribution >= 0.6 is 0 Å². The predicted octanol–water partition coefficient (Wildman–Crippen LogP) is 1.71. The topological polar surface area (TPSA) is 35.5 Å². The van der Waals surface area contributed by atoms with E-state index in [9.17, 15) is 4.79 Å². The van der Waals surface area contributed by atoms with E-state index in [1.807, 2.05) is 13.8 Å². The summed E-state index contributed by atoms with van der Waals surface area (Å²) >= 11 is 0. The standard InChI is InChI=1S/C9H16O3/c1-6(2)11-7(3)12-9(10)8-4-5-8/h6-8H,4-5H2,1-3H3. The van der Waals surface area contributed by atoms with Crippen molar-refractivity contribution in [2.24, 2.45) is 5.92 Å². The van der Waals surface area contributed by atoms with Crippen LogP contribution in [0, 0.1) is 5.92 Å². The summed E-state index contributed by atoms with van der Waals surface area (Å²) in [7, 11) is 0. The fourth-order valence-electron chi connectivity index (χ4n) is 0.990. The molecule has 1 aliphatic carbocycles. The van der Waals surface area contributed by atoms with Crippen molar-refractivity contribution in [2.45, 2.75) is 46.0 Å². The van der Waals surface area contributed by atoms with Crippen LogP contribution in [-0.4, -0.2) is 18.4 Å². The number of hydrogen-bond donors (Lipinski definition) is 0. The van der Waals surface area contributed by atoms with Gasteiger partial charge in [0.25, 0.3) is 0 Å². The summed E-state index contributed by atoms with van der Waals surface area (Å²) in [5.74, 6) is 0.0476. The Bertz CT molecular complexity index is 161. The molecule has 0 amide bonds. The van der Waals surface area contributed by atoms with Crippen LogP contribution in [0.4, 0.5) is 0 Å². The number of rotatable bonds is 4. The average Bonchev–Trinajstić information content (AvgIpc) is 2.63. The minimum atomic E-state index is -0.405. The molecule has 3 nitrogen and oxygen atoms in total. The molecule has 70 valence electrons. The Labute approximate surface area is 73.0 Å². The van der Waals surface area contributed by atoms with Crippen LogP contribution < -0.4 is 0 Å². The molecule has 0 aliphatic heterocycles. The number of ether oxygens (including phenoxy) is 2. The molecule has 0 aromatic heterocycles. The van der Waals surface area contributed by atoms with Crippen molar-refractivity contribution in [2.75, 3.05) is 0 Å². The van der Waals surface area contributed by atoms with Crippen molar-refractivity contribution >= 4 is 5.97 Å². The fraction of sp³-hybridized carbons (Fsp3) is 0.889. The SMILES string of the molecule is CC(C)OC(C)OC(=O)C1CC1. The van der Waals surface area contributed by atoms with Crippen molar-refractivity contribution in [3.8, 4) is 0 Å². The van der Waals surface area contributed by atoms with Crippen LogP contribution in [0.5, 0.6) is 0 Å². The Morgan fingerprint density at radius 2 is 1.92 bits per heavy atom. The van der Waals surface area contributed by atoms with E-state index in [4.69, 9.17) is 9.47 Å². The zero-order valence-corrected chi connectivity index (χ0v) is 7.87. The molecule has 1 atom stereocenters. The van der Waals surface area contributed by atoms with Gasteiger partial charge in [0.05, 0.1) is 12.0 Å². The second-order valence-corrected chi connectivity index (χ2v) is 3.46. The molecule has 12 heavy (non-hydrogen) atoms. The molecular weight excluding hydrogens is 156 g/mol. The number of carbonyl (C=O) groups excluding carboxylic acids is 1. The van der Waals surface area contributed by atoms with Gasteiger partial charge >= 0.3 is 5.97 Å². The minimum Gasteiger partial charge on any atom is -0.436 e. The molecule has 0 aromatic carbocycles. The molecule has 0 aromatic rings. The first kappa shape index (κ1) is 9.52. The van der Waals surface area contributed by atoms with Crippen molar-refractivity contribution in [3.63, 3.8) is 0 Å². The first-order valence-electron chi connectivity index (χ1n) is 4.45. The van der Waals surface area contributed by atoms with Crippen LogP contribution in [0.15, 0.2) is 0 Å². The Morgan fingerprint density at radius 3 is 2.33 bits per heavy atom. The zero-order chi connectivity index (χ0) is 9.14. The van der Waals surface area contributed by atoms with E-state index in [2.05, 4.69) is 0 Å². The molecule has 0 heterocycles. The lowest BCUT2D eigenvalue weighted by Gasteiger charge is -2.16. The average molecular weight is 172 g/mol. The quantitative estimate of drug-likeness (QED) is 0.478. The van der Waals surface area contributed by atoms with E-state index in [-0.39, 0.29) is 18.0 Å². The van der Waals surface area contributed by atoms with Gasteiger partial charge < -0.3 is 9.47 Å². The normalized spacial score (nSPS) is 19.3. The third-order valence-corrected chi connectivity index (χ3v) is 1.66. The molecular formula is C9H16O3. The molecule has 1 rings (SSSR count). The Balaban J connectivity index is 2.15. The van der Waals surface area contributed by atoms with E-state index in [1.165, 1.54) is 0 Å². The molecule has 1 unspecified atom stereocenters. The summed E-state index contributed by atoms with van der Waals surface area (Å²) in [6.45, 7) is 5.59. The smallest absolute Gasteiger partial charge is 0.311 e. The first-order valence-corrected chi connectivity index (χ1v) is 4.45. The molecule has 0 radical (unpaired) electrons. The van der Waals surface area contributed by atoms with Gasteiger partial charge in [-0.25, -0.2) is 0 Å². The van der Waals surface area contributed by atoms with Crippen LogP contribution in [0.2, 0.25) is 0 Å². The van der Waals surface area contributed by atoms with Gasteiger partial charge in [0, 0.05) is 0 Å². The summed E-state index contributed by atoms with van der Waals surface area (Å²) < 4.78 is 10.3. The molecule has 0 spiro atoms. The second-order valence-electron chi connectivity index (χ2n) is 3.46. The van der Waals surface area contributed by atoms with Crippen molar-refractivity contribution in [1.82, 2.24) is 0 Å². The van der Waals surface area contributed by atoms with E-state index >= 15 is 0 Å². The highest BCUT2D eigenvalue weighted by atomic mass is 16.7. The molecule has 0 N–H and O–H groups in total. The molecule has 3 heteroatoms. The van der Waals surface area contributed by atoms with Crippen LogP contribution in [0.1, 0.15) is 33.6 Å². The van der Waals surface area contributed by atoms with Gasteiger partial charge in [-0.2, -0.15) is 0 Å². The monoisotopic (exact) mass is 172 g/mol. The van der Waals surface area contributed by atoms with Gasteiger partial charge in [-0.1, -0.05) is 0 Å². The van der Waals surface area contributed by atoms with E-state index in [1.54, 1.807) is 6.92 Å². The maximum absolute atomic E-state index is 11.1. The van der Waals surface area contributed by atoms with Crippen LogP contribution in [0.3, 0.4) is 0 Å². The highest BCUT2D eigenvalue weighted by Gasteiger charge is 2.32. The zero-order valence-electron chi connectivity index (χ0n) is 7.87. The highest BCUT2D eigenvalue weighted by Crippen LogP contribution is 2.30. The van der Waals surface area contributed by atoms with Gasteiger partial charge in [-0.3, -0.25) is 4.79 Å². The maximum Gasteiger partial charge on any atom is 0.311 e. The summed E-state index contributed by atoms with van der Waals surface area (Å²) in [4.78, 5) is 11.1. The molecule has 0 bridgehead atoms. The van der Waals surface area contributed by atoms with Gasteiger partial charge in [-0.15, -0.1) is 0 Å². The predicted molar refractivity (Wildman–Crippen MR) is 44.5 cm³/mol. The molecule has 1 aliphatic rings. The molecule has 1 fully saturated rings. The summed E-state index contributed by atoms with van der Waals surface area (Å²) in [6, 6.07) is 0. The Hall–Kier alpha value is -0.570. The van der Waals surface area contributed by atoms with Crippen LogP contribution in [0.25, 0.3) is 0 Å². The fourth-order valence-corrected chi connectivity index (χ4v) is 0.990. The molecule has 0 saturated heterocycles. The van der Waals surface area contributed by atoms with Crippen molar-refractivity contribution in [1.29, 1.82) is 0 Å². The van der Waals surface area contributed by atoms with Gasteiger partial charge in [-0.05, 0) is 33.6 Å². The Morgan fingerprint density at radius 1 is 1.33 bits per heavy atom. The minimum absolute atomic E-state index is 0.104. The largest absolute Gasteiger partial charge is 0.436 e. The van der Waals surface area contributed by atoms with Gasteiger partial charge in [0.2, 0.25) is 0 Å². The van der Waals surface area contributed by atoms with E-state index in [0.29, 0.717) is 0 Å². The second kappa shape index (κ2) is 3.90. The first-order chi connectivity index (χ1) is 5.59. The Kier molecular flexibility index (Phi) is 3.09. The van der Waals surface area contributed by atoms with Crippen molar-refractivity contribution in [3.05, 3.63) is 0 Å². The van der Waals surface area contributed by atoms with Gasteiger partial charge in [0.15, 0.2) is 6.29 Å². The number of hydrogen-bond acceptors (Lipinski definition) is 3.